The molecule has 0 saturated carbocycles. The molecule has 1 saturated heterocycles. The first-order valence-electron chi connectivity index (χ1n) is 7.11. The molecule has 4 atom stereocenters. The van der Waals surface area contributed by atoms with Crippen LogP contribution in [0.1, 0.15) is 11.9 Å². The van der Waals surface area contributed by atoms with Gasteiger partial charge in [-0.1, -0.05) is 0 Å². The van der Waals surface area contributed by atoms with Crippen molar-refractivity contribution in [3.63, 3.8) is 0 Å². The number of imidazole rings is 1. The Kier molecular flexibility index (Phi) is 4.96. The molecule has 0 spiro atoms. The normalized spacial score (nSPS) is 27.0. The van der Waals surface area contributed by atoms with Gasteiger partial charge in [-0.15, -0.1) is 11.8 Å². The highest BCUT2D eigenvalue weighted by Crippen LogP contribution is 2.31. The van der Waals surface area contributed by atoms with Gasteiger partial charge >= 0.3 is 5.97 Å². The number of carboxylic acids is 1. The molecule has 0 amide bonds. The number of ether oxygens (including phenoxy) is 1. The number of hydrogen-bond donors (Lipinski definition) is 4. The van der Waals surface area contributed by atoms with Gasteiger partial charge in [-0.05, 0) is 0 Å². The van der Waals surface area contributed by atoms with E-state index in [4.69, 9.17) is 9.84 Å². The highest BCUT2D eigenvalue weighted by Gasteiger charge is 2.43. The summed E-state index contributed by atoms with van der Waals surface area (Å²) in [5, 5.41) is 37.8. The summed E-state index contributed by atoms with van der Waals surface area (Å²) in [4.78, 5) is 23.1. The molecule has 3 heterocycles. The Balaban J connectivity index is 1.87. The lowest BCUT2D eigenvalue weighted by Gasteiger charge is -2.16. The fourth-order valence-electron chi connectivity index (χ4n) is 2.54. The molecule has 3 rings (SSSR count). The van der Waals surface area contributed by atoms with Crippen molar-refractivity contribution in [1.29, 1.82) is 0 Å². The molecular weight excluding hydrogens is 340 g/mol. The number of rotatable bonds is 6. The lowest BCUT2D eigenvalue weighted by molar-refractivity contribution is -0.133. The van der Waals surface area contributed by atoms with E-state index in [1.54, 1.807) is 0 Å². The van der Waals surface area contributed by atoms with Crippen LogP contribution in [0.15, 0.2) is 12.7 Å². The van der Waals surface area contributed by atoms with E-state index in [1.165, 1.54) is 29.0 Å². The minimum Gasteiger partial charge on any atom is -0.481 e. The third-order valence-corrected chi connectivity index (χ3v) is 4.62. The molecule has 24 heavy (non-hydrogen) atoms. The zero-order valence-electron chi connectivity index (χ0n) is 12.4. The van der Waals surface area contributed by atoms with Gasteiger partial charge in [0, 0.05) is 5.75 Å². The minimum atomic E-state index is -1.24. The number of hydrogen-bond acceptors (Lipinski definition) is 9. The second-order valence-electron chi connectivity index (χ2n) is 5.26. The fourth-order valence-corrected chi connectivity index (χ4v) is 3.22. The lowest BCUT2D eigenvalue weighted by atomic mass is 10.1. The zero-order valence-corrected chi connectivity index (χ0v) is 13.2. The average molecular weight is 356 g/mol. The van der Waals surface area contributed by atoms with Gasteiger partial charge in [0.15, 0.2) is 11.9 Å². The van der Waals surface area contributed by atoms with E-state index in [0.29, 0.717) is 22.6 Å². The predicted molar refractivity (Wildman–Crippen MR) is 82.1 cm³/mol. The highest BCUT2D eigenvalue weighted by atomic mass is 32.2. The molecule has 0 unspecified atom stereocenters. The monoisotopic (exact) mass is 356 g/mol. The van der Waals surface area contributed by atoms with Crippen molar-refractivity contribution in [1.82, 2.24) is 19.5 Å². The van der Waals surface area contributed by atoms with Gasteiger partial charge in [0.1, 0.15) is 30.2 Å². The zero-order chi connectivity index (χ0) is 17.3. The summed E-state index contributed by atoms with van der Waals surface area (Å²) in [7, 11) is 0. The van der Waals surface area contributed by atoms with Gasteiger partial charge in [0.05, 0.1) is 24.4 Å². The van der Waals surface area contributed by atoms with E-state index in [2.05, 4.69) is 15.0 Å². The van der Waals surface area contributed by atoms with Crippen molar-refractivity contribution >= 4 is 28.9 Å². The van der Waals surface area contributed by atoms with Crippen LogP contribution in [0.25, 0.3) is 11.2 Å². The maximum atomic E-state index is 10.6. The number of carboxylic acid groups (broad SMARTS) is 1. The molecule has 0 aliphatic carbocycles. The van der Waals surface area contributed by atoms with Crippen LogP contribution in [-0.2, 0) is 15.3 Å². The van der Waals surface area contributed by atoms with Crippen LogP contribution in [0.5, 0.6) is 0 Å². The average Bonchev–Trinajstić information content (AvgIpc) is 3.10. The Morgan fingerprint density at radius 2 is 2.08 bits per heavy atom. The summed E-state index contributed by atoms with van der Waals surface area (Å²) in [6, 6.07) is 0. The molecular formula is C13H16N4O6S. The molecule has 0 bridgehead atoms. The smallest absolute Gasteiger partial charge is 0.313 e. The Hall–Kier alpha value is -1.79. The van der Waals surface area contributed by atoms with Gasteiger partial charge in [0.2, 0.25) is 0 Å². The molecule has 2 aromatic heterocycles. The molecule has 0 radical (unpaired) electrons. The number of aliphatic carboxylic acids is 1. The standard InChI is InChI=1S/C13H16N4O6S/c18-1-7-10(21)11(22)13(23-7)17-5-16-9-6(2-24-3-8(19)20)14-4-15-12(9)17/h4-5,7,10-11,13,18,21-22H,1-3H2,(H,19,20)/t7-,10-,11-,13-/m1/s1. The van der Waals surface area contributed by atoms with E-state index >= 15 is 0 Å². The second kappa shape index (κ2) is 6.99. The molecule has 1 fully saturated rings. The Bertz CT molecular complexity index is 740. The van der Waals surface area contributed by atoms with Gasteiger partial charge in [-0.25, -0.2) is 15.0 Å². The van der Waals surface area contributed by atoms with Crippen LogP contribution in [0.4, 0.5) is 0 Å². The molecule has 130 valence electrons. The van der Waals surface area contributed by atoms with Crippen LogP contribution in [0, 0.1) is 0 Å². The van der Waals surface area contributed by atoms with Crippen molar-refractivity contribution in [2.75, 3.05) is 12.4 Å². The summed E-state index contributed by atoms with van der Waals surface area (Å²) in [5.74, 6) is -0.623. The molecule has 11 heteroatoms. The molecule has 4 N–H and O–H groups in total. The maximum Gasteiger partial charge on any atom is 0.313 e. The summed E-state index contributed by atoms with van der Waals surface area (Å²) in [5.41, 5.74) is 1.43. The van der Waals surface area contributed by atoms with Crippen molar-refractivity contribution in [2.45, 2.75) is 30.3 Å². The lowest BCUT2D eigenvalue weighted by Crippen LogP contribution is -2.33. The highest BCUT2D eigenvalue weighted by molar-refractivity contribution is 7.99. The number of aliphatic hydroxyl groups excluding tert-OH is 3. The van der Waals surface area contributed by atoms with Crippen LogP contribution in [0.3, 0.4) is 0 Å². The van der Waals surface area contributed by atoms with Crippen LogP contribution < -0.4 is 0 Å². The first-order valence-corrected chi connectivity index (χ1v) is 8.26. The number of aliphatic hydroxyl groups is 3. The summed E-state index contributed by atoms with van der Waals surface area (Å²) in [6.45, 7) is -0.423. The van der Waals surface area contributed by atoms with Crippen molar-refractivity contribution < 1.29 is 30.0 Å². The molecule has 10 nitrogen and oxygen atoms in total. The quantitative estimate of drug-likeness (QED) is 0.494. The van der Waals surface area contributed by atoms with E-state index in [1.807, 2.05) is 0 Å². The molecule has 0 aromatic carbocycles. The second-order valence-corrected chi connectivity index (χ2v) is 6.25. The van der Waals surface area contributed by atoms with Crippen molar-refractivity contribution in [2.24, 2.45) is 0 Å². The van der Waals surface area contributed by atoms with E-state index in [9.17, 15) is 20.1 Å². The van der Waals surface area contributed by atoms with Crippen LogP contribution in [-0.4, -0.2) is 76.6 Å². The molecule has 2 aromatic rings. The van der Waals surface area contributed by atoms with E-state index in [0.717, 1.165) is 0 Å². The summed E-state index contributed by atoms with van der Waals surface area (Å²) in [6.07, 6.45) is -1.56. The van der Waals surface area contributed by atoms with Crippen LogP contribution >= 0.6 is 11.8 Å². The van der Waals surface area contributed by atoms with E-state index in [-0.39, 0.29) is 5.75 Å². The van der Waals surface area contributed by atoms with Crippen LogP contribution in [0.2, 0.25) is 0 Å². The van der Waals surface area contributed by atoms with Gasteiger partial charge in [-0.3, -0.25) is 9.36 Å². The third kappa shape index (κ3) is 3.08. The predicted octanol–water partition coefficient (Wildman–Crippen LogP) is -1.24. The number of aromatic nitrogens is 4. The third-order valence-electron chi connectivity index (χ3n) is 3.69. The SMILES string of the molecule is O=C(O)CSCc1ncnc2c1ncn2[C@@H]1O[C@H](CO)[C@@H](O)[C@H]1O. The number of carbonyl (C=O) groups is 1. The van der Waals surface area contributed by atoms with E-state index < -0.39 is 37.1 Å². The molecule has 1 aliphatic heterocycles. The van der Waals surface area contributed by atoms with Gasteiger partial charge in [-0.2, -0.15) is 0 Å². The first kappa shape index (κ1) is 17.0. The van der Waals surface area contributed by atoms with Crippen molar-refractivity contribution in [3.8, 4) is 0 Å². The first-order chi connectivity index (χ1) is 11.5. The summed E-state index contributed by atoms with van der Waals surface area (Å²) < 4.78 is 6.93. The number of fused-ring (bicyclic) bond motifs is 1. The Labute approximate surface area is 140 Å². The molecule has 1 aliphatic rings. The largest absolute Gasteiger partial charge is 0.481 e. The Morgan fingerprint density at radius 1 is 1.29 bits per heavy atom. The van der Waals surface area contributed by atoms with Crippen molar-refractivity contribution in [3.05, 3.63) is 18.3 Å². The Morgan fingerprint density at radius 3 is 2.75 bits per heavy atom. The number of nitrogens with zero attached hydrogens (tertiary/aromatic N) is 4. The minimum absolute atomic E-state index is 0.0545. The van der Waals surface area contributed by atoms with Gasteiger partial charge in [0.25, 0.3) is 0 Å². The summed E-state index contributed by atoms with van der Waals surface area (Å²) >= 11 is 1.18. The fraction of sp³-hybridized carbons (Fsp3) is 0.538. The maximum absolute atomic E-state index is 10.6. The number of thioether (sulfide) groups is 1. The van der Waals surface area contributed by atoms with Gasteiger partial charge < -0.3 is 25.2 Å². The topological polar surface area (TPSA) is 151 Å².